The van der Waals surface area contributed by atoms with E-state index in [2.05, 4.69) is 10.3 Å². The van der Waals surface area contributed by atoms with Crippen molar-refractivity contribution < 1.29 is 14.3 Å². The Morgan fingerprint density at radius 2 is 1.92 bits per heavy atom. The van der Waals surface area contributed by atoms with Crippen molar-refractivity contribution in [1.82, 2.24) is 15.2 Å². The molecular formula is C19H19N3O3. The normalized spacial score (nSPS) is 10.4. The molecule has 0 aliphatic heterocycles. The van der Waals surface area contributed by atoms with Gasteiger partial charge in [-0.05, 0) is 30.3 Å². The van der Waals surface area contributed by atoms with E-state index in [9.17, 15) is 9.90 Å². The number of urea groups is 1. The quantitative estimate of drug-likeness (QED) is 0.723. The van der Waals surface area contributed by atoms with Crippen molar-refractivity contribution in [2.45, 2.75) is 19.6 Å². The van der Waals surface area contributed by atoms with E-state index in [1.165, 1.54) is 0 Å². The van der Waals surface area contributed by atoms with E-state index in [0.717, 1.165) is 5.69 Å². The van der Waals surface area contributed by atoms with E-state index >= 15 is 0 Å². The molecule has 2 heterocycles. The number of furan rings is 1. The number of phenols is 1. The first-order valence-electron chi connectivity index (χ1n) is 7.94. The summed E-state index contributed by atoms with van der Waals surface area (Å²) < 4.78 is 5.35. The topological polar surface area (TPSA) is 78.6 Å². The Bertz CT molecular complexity index is 804. The zero-order chi connectivity index (χ0) is 17.5. The van der Waals surface area contributed by atoms with Crippen LogP contribution in [0.25, 0.3) is 0 Å². The lowest BCUT2D eigenvalue weighted by atomic mass is 10.2. The number of carbonyl (C=O) groups excluding carboxylic acids is 1. The average Bonchev–Trinajstić information content (AvgIpc) is 3.15. The van der Waals surface area contributed by atoms with Crippen molar-refractivity contribution in [1.29, 1.82) is 0 Å². The van der Waals surface area contributed by atoms with E-state index in [4.69, 9.17) is 4.42 Å². The van der Waals surface area contributed by atoms with Crippen LogP contribution in [0.3, 0.4) is 0 Å². The second kappa shape index (κ2) is 8.01. The van der Waals surface area contributed by atoms with Gasteiger partial charge in [0.05, 0.1) is 31.6 Å². The highest BCUT2D eigenvalue weighted by Gasteiger charge is 2.17. The Morgan fingerprint density at radius 1 is 1.08 bits per heavy atom. The molecule has 25 heavy (non-hydrogen) atoms. The molecule has 2 amide bonds. The van der Waals surface area contributed by atoms with E-state index in [0.29, 0.717) is 24.4 Å². The number of pyridine rings is 1. The monoisotopic (exact) mass is 337 g/mol. The zero-order valence-electron chi connectivity index (χ0n) is 13.6. The third-order valence-electron chi connectivity index (χ3n) is 3.71. The van der Waals surface area contributed by atoms with Gasteiger partial charge in [0.25, 0.3) is 0 Å². The lowest BCUT2D eigenvalue weighted by Gasteiger charge is -2.22. The van der Waals surface area contributed by atoms with Crippen molar-refractivity contribution in [3.05, 3.63) is 84.1 Å². The van der Waals surface area contributed by atoms with Gasteiger partial charge in [-0.3, -0.25) is 4.98 Å². The molecular weight excluding hydrogens is 318 g/mol. The van der Waals surface area contributed by atoms with Crippen LogP contribution in [0, 0.1) is 0 Å². The minimum Gasteiger partial charge on any atom is -0.508 e. The summed E-state index contributed by atoms with van der Waals surface area (Å²) in [6.45, 7) is 0.895. The molecule has 0 unspecified atom stereocenters. The molecule has 0 saturated heterocycles. The van der Waals surface area contributed by atoms with E-state index in [1.54, 1.807) is 41.6 Å². The maximum Gasteiger partial charge on any atom is 0.318 e. The smallest absolute Gasteiger partial charge is 0.318 e. The second-order valence-corrected chi connectivity index (χ2v) is 5.54. The third kappa shape index (κ3) is 4.60. The number of nitrogens with zero attached hydrogens (tertiary/aromatic N) is 2. The second-order valence-electron chi connectivity index (χ2n) is 5.54. The van der Waals surface area contributed by atoms with Crippen molar-refractivity contribution >= 4 is 6.03 Å². The lowest BCUT2D eigenvalue weighted by Crippen LogP contribution is -2.38. The first-order chi connectivity index (χ1) is 12.2. The van der Waals surface area contributed by atoms with Crippen LogP contribution in [-0.4, -0.2) is 21.0 Å². The number of carbonyl (C=O) groups is 1. The Kier molecular flexibility index (Phi) is 5.31. The third-order valence-corrected chi connectivity index (χ3v) is 3.71. The van der Waals surface area contributed by atoms with Gasteiger partial charge < -0.3 is 19.7 Å². The number of rotatable bonds is 6. The van der Waals surface area contributed by atoms with Gasteiger partial charge in [-0.1, -0.05) is 24.3 Å². The van der Waals surface area contributed by atoms with Crippen LogP contribution in [0.5, 0.6) is 5.75 Å². The fourth-order valence-electron chi connectivity index (χ4n) is 2.42. The van der Waals surface area contributed by atoms with Gasteiger partial charge in [-0.25, -0.2) is 4.79 Å². The van der Waals surface area contributed by atoms with Crippen LogP contribution in [0.2, 0.25) is 0 Å². The molecule has 1 aromatic carbocycles. The molecule has 6 nitrogen and oxygen atoms in total. The van der Waals surface area contributed by atoms with E-state index in [1.807, 2.05) is 30.3 Å². The van der Waals surface area contributed by atoms with Gasteiger partial charge in [0, 0.05) is 11.8 Å². The molecule has 0 aliphatic rings. The van der Waals surface area contributed by atoms with Gasteiger partial charge in [0.2, 0.25) is 0 Å². The van der Waals surface area contributed by atoms with Crippen LogP contribution in [0.15, 0.2) is 71.5 Å². The molecule has 3 rings (SSSR count). The van der Waals surface area contributed by atoms with Crippen molar-refractivity contribution in [2.24, 2.45) is 0 Å². The predicted octanol–water partition coefficient (Wildman–Crippen LogP) is 3.29. The van der Waals surface area contributed by atoms with Crippen LogP contribution in [0.1, 0.15) is 17.0 Å². The van der Waals surface area contributed by atoms with Gasteiger partial charge in [-0.15, -0.1) is 0 Å². The zero-order valence-corrected chi connectivity index (χ0v) is 13.6. The first kappa shape index (κ1) is 16.6. The Balaban J connectivity index is 1.71. The summed E-state index contributed by atoms with van der Waals surface area (Å²) in [7, 11) is 0. The molecule has 0 spiro atoms. The molecule has 0 aliphatic carbocycles. The molecule has 2 N–H and O–H groups in total. The molecule has 3 aromatic rings. The summed E-state index contributed by atoms with van der Waals surface area (Å²) in [5.41, 5.74) is 1.44. The number of benzene rings is 1. The fourth-order valence-corrected chi connectivity index (χ4v) is 2.42. The number of hydrogen-bond donors (Lipinski definition) is 2. The molecule has 0 bridgehead atoms. The van der Waals surface area contributed by atoms with Crippen molar-refractivity contribution in [3.8, 4) is 5.75 Å². The van der Waals surface area contributed by atoms with Crippen molar-refractivity contribution in [2.75, 3.05) is 0 Å². The summed E-state index contributed by atoms with van der Waals surface area (Å²) in [4.78, 5) is 18.4. The number of nitrogens with one attached hydrogen (secondary N) is 1. The van der Waals surface area contributed by atoms with Crippen molar-refractivity contribution in [3.63, 3.8) is 0 Å². The number of aromatic nitrogens is 1. The molecule has 128 valence electrons. The molecule has 0 fully saturated rings. The minimum atomic E-state index is -0.259. The molecule has 2 aromatic heterocycles. The number of amides is 2. The summed E-state index contributed by atoms with van der Waals surface area (Å²) >= 11 is 0. The van der Waals surface area contributed by atoms with Gasteiger partial charge >= 0.3 is 6.03 Å². The summed E-state index contributed by atoms with van der Waals surface area (Å²) in [5.74, 6) is 0.827. The molecule has 0 saturated carbocycles. The predicted molar refractivity (Wildman–Crippen MR) is 92.5 cm³/mol. The van der Waals surface area contributed by atoms with Crippen LogP contribution in [-0.2, 0) is 19.6 Å². The van der Waals surface area contributed by atoms with Crippen LogP contribution in [0.4, 0.5) is 4.79 Å². The standard InChI is InChI=1S/C19H19N3O3/c23-18-9-2-1-6-15(18)13-22(14-17-8-5-11-25-17)19(24)21-12-16-7-3-4-10-20-16/h1-11,23H,12-14H2,(H,21,24). The number of aromatic hydroxyl groups is 1. The molecule has 6 heteroatoms. The van der Waals surface area contributed by atoms with E-state index in [-0.39, 0.29) is 18.3 Å². The lowest BCUT2D eigenvalue weighted by molar-refractivity contribution is 0.186. The van der Waals surface area contributed by atoms with Gasteiger partial charge in [0.15, 0.2) is 0 Å². The van der Waals surface area contributed by atoms with Crippen LogP contribution >= 0.6 is 0 Å². The Hall–Kier alpha value is -3.28. The molecule has 0 atom stereocenters. The average molecular weight is 337 g/mol. The summed E-state index contributed by atoms with van der Waals surface area (Å²) in [6.07, 6.45) is 3.25. The number of hydrogen-bond acceptors (Lipinski definition) is 4. The summed E-state index contributed by atoms with van der Waals surface area (Å²) in [6, 6.07) is 15.8. The highest BCUT2D eigenvalue weighted by Crippen LogP contribution is 2.19. The van der Waals surface area contributed by atoms with Gasteiger partial charge in [-0.2, -0.15) is 0 Å². The SMILES string of the molecule is O=C(NCc1ccccn1)N(Cc1ccco1)Cc1ccccc1O. The summed E-state index contributed by atoms with van der Waals surface area (Å²) in [5, 5.41) is 12.8. The largest absolute Gasteiger partial charge is 0.508 e. The first-order valence-corrected chi connectivity index (χ1v) is 7.94. The Labute approximate surface area is 145 Å². The maximum atomic E-state index is 12.6. The van der Waals surface area contributed by atoms with Gasteiger partial charge in [0.1, 0.15) is 11.5 Å². The number of phenolic OH excluding ortho intramolecular Hbond substituents is 1. The van der Waals surface area contributed by atoms with Crippen LogP contribution < -0.4 is 5.32 Å². The highest BCUT2D eigenvalue weighted by molar-refractivity contribution is 5.74. The highest BCUT2D eigenvalue weighted by atomic mass is 16.3. The fraction of sp³-hybridized carbons (Fsp3) is 0.158. The minimum absolute atomic E-state index is 0.157. The Morgan fingerprint density at radius 3 is 2.64 bits per heavy atom. The number of para-hydroxylation sites is 1. The maximum absolute atomic E-state index is 12.6. The molecule has 0 radical (unpaired) electrons. The van der Waals surface area contributed by atoms with E-state index < -0.39 is 0 Å².